The molecule has 0 aliphatic heterocycles. The first kappa shape index (κ1) is 30.9. The van der Waals surface area contributed by atoms with Crippen molar-refractivity contribution in [2.24, 2.45) is 0 Å². The van der Waals surface area contributed by atoms with E-state index in [0.717, 1.165) is 22.7 Å². The molecule has 0 spiro atoms. The number of nitrogens with zero attached hydrogens (tertiary/aromatic N) is 2. The van der Waals surface area contributed by atoms with Crippen LogP contribution in [0.2, 0.25) is 0 Å². The molecule has 0 saturated carbocycles. The van der Waals surface area contributed by atoms with Gasteiger partial charge in [-0.3, -0.25) is 0 Å². The van der Waals surface area contributed by atoms with Crippen LogP contribution in [0.5, 0.6) is 0 Å². The highest BCUT2D eigenvalue weighted by atomic mass is 15.1. The molecule has 2 nitrogen and oxygen atoms in total. The molecule has 53 heavy (non-hydrogen) atoms. The highest BCUT2D eigenvalue weighted by molar-refractivity contribution is 6.34. The molecule has 0 heterocycles. The van der Waals surface area contributed by atoms with Crippen LogP contribution < -0.4 is 9.80 Å². The highest BCUT2D eigenvalue weighted by Crippen LogP contribution is 2.44. The van der Waals surface area contributed by atoms with Crippen molar-refractivity contribution >= 4 is 71.5 Å². The van der Waals surface area contributed by atoms with Crippen LogP contribution in [-0.2, 0) is 0 Å². The lowest BCUT2D eigenvalue weighted by atomic mass is 9.89. The first-order valence-corrected chi connectivity index (χ1v) is 18.2. The molecular formula is C51H36N2. The lowest BCUT2D eigenvalue weighted by Gasteiger charge is -2.26. The van der Waals surface area contributed by atoms with E-state index in [-0.39, 0.29) is 0 Å². The van der Waals surface area contributed by atoms with Gasteiger partial charge in [0.15, 0.2) is 0 Å². The van der Waals surface area contributed by atoms with E-state index in [9.17, 15) is 0 Å². The quantitative estimate of drug-likeness (QED) is 0.122. The maximum atomic E-state index is 2.33. The van der Waals surface area contributed by atoms with Gasteiger partial charge >= 0.3 is 0 Å². The number of para-hydroxylation sites is 1. The summed E-state index contributed by atoms with van der Waals surface area (Å²) in [5.41, 5.74) is 10.5. The summed E-state index contributed by atoms with van der Waals surface area (Å²) >= 11 is 0. The van der Waals surface area contributed by atoms with E-state index in [0.29, 0.717) is 0 Å². The predicted octanol–water partition coefficient (Wildman–Crippen LogP) is 14.3. The summed E-state index contributed by atoms with van der Waals surface area (Å²) in [4.78, 5) is 4.64. The second kappa shape index (κ2) is 12.7. The Morgan fingerprint density at radius 1 is 0.302 bits per heavy atom. The largest absolute Gasteiger partial charge is 0.344 e. The SMILES string of the molecule is CN(c1ccc(-c2ccc(N(c3ccccc3)c3cccc(-c4ccccc4)c3)cc2)cc1)c1ccc2c3cccc4cccc(c5cccc1c52)c43. The lowest BCUT2D eigenvalue weighted by Crippen LogP contribution is -2.10. The molecule has 10 aromatic rings. The molecule has 0 N–H and O–H groups in total. The predicted molar refractivity (Wildman–Crippen MR) is 228 cm³/mol. The second-order valence-electron chi connectivity index (χ2n) is 13.8. The van der Waals surface area contributed by atoms with Crippen LogP contribution in [0.1, 0.15) is 0 Å². The summed E-state index contributed by atoms with van der Waals surface area (Å²) in [7, 11) is 2.18. The van der Waals surface area contributed by atoms with Gasteiger partial charge in [0.2, 0.25) is 0 Å². The zero-order valence-corrected chi connectivity index (χ0v) is 29.4. The van der Waals surface area contributed by atoms with Crippen molar-refractivity contribution in [1.82, 2.24) is 0 Å². The van der Waals surface area contributed by atoms with Gasteiger partial charge in [-0.1, -0.05) is 146 Å². The summed E-state index contributed by atoms with van der Waals surface area (Å²) in [6, 6.07) is 72.5. The lowest BCUT2D eigenvalue weighted by molar-refractivity contribution is 1.22. The minimum absolute atomic E-state index is 1.11. The van der Waals surface area contributed by atoms with Gasteiger partial charge < -0.3 is 9.80 Å². The molecular weight excluding hydrogens is 641 g/mol. The van der Waals surface area contributed by atoms with Crippen molar-refractivity contribution in [1.29, 1.82) is 0 Å². The topological polar surface area (TPSA) is 6.48 Å². The Bertz CT molecular complexity index is 2830. The standard InChI is InChI=1S/C51H36N2/c1-52(49-33-32-47-45-21-10-15-38-14-9-20-44(50(38)45)46-22-11-23-48(49)51(46)47)40-28-24-36(25-29-40)37-26-30-42(31-27-37)53(41-17-6-3-7-18-41)43-19-8-16-39(34-43)35-12-4-2-5-13-35/h2-34H,1H3. The summed E-state index contributed by atoms with van der Waals surface area (Å²) in [5.74, 6) is 0. The maximum Gasteiger partial charge on any atom is 0.0488 e. The van der Waals surface area contributed by atoms with E-state index in [4.69, 9.17) is 0 Å². The maximum absolute atomic E-state index is 2.33. The van der Waals surface area contributed by atoms with Crippen molar-refractivity contribution in [3.63, 3.8) is 0 Å². The fourth-order valence-electron chi connectivity index (χ4n) is 8.22. The normalized spacial score (nSPS) is 11.5. The fraction of sp³-hybridized carbons (Fsp3) is 0.0196. The van der Waals surface area contributed by atoms with Crippen molar-refractivity contribution < 1.29 is 0 Å². The first-order valence-electron chi connectivity index (χ1n) is 18.2. The Morgan fingerprint density at radius 2 is 0.774 bits per heavy atom. The van der Waals surface area contributed by atoms with E-state index >= 15 is 0 Å². The number of rotatable bonds is 7. The number of hydrogen-bond donors (Lipinski definition) is 0. The van der Waals surface area contributed by atoms with Crippen LogP contribution in [0.3, 0.4) is 0 Å². The molecule has 0 amide bonds. The van der Waals surface area contributed by atoms with E-state index in [1.165, 1.54) is 71.0 Å². The zero-order valence-electron chi connectivity index (χ0n) is 29.4. The molecule has 0 fully saturated rings. The average molecular weight is 677 g/mol. The molecule has 2 heteroatoms. The van der Waals surface area contributed by atoms with Gasteiger partial charge in [-0.15, -0.1) is 0 Å². The molecule has 0 unspecified atom stereocenters. The van der Waals surface area contributed by atoms with Gasteiger partial charge in [-0.2, -0.15) is 0 Å². The van der Waals surface area contributed by atoms with Gasteiger partial charge in [0.1, 0.15) is 0 Å². The molecule has 0 bridgehead atoms. The molecule has 10 aromatic carbocycles. The summed E-state index contributed by atoms with van der Waals surface area (Å²) in [5, 5.41) is 10.5. The Hall–Kier alpha value is -6.90. The van der Waals surface area contributed by atoms with Gasteiger partial charge in [0, 0.05) is 40.9 Å². The molecule has 0 saturated heterocycles. The Kier molecular flexibility index (Phi) is 7.40. The molecule has 10 rings (SSSR count). The molecule has 0 atom stereocenters. The van der Waals surface area contributed by atoms with Crippen LogP contribution in [0, 0.1) is 0 Å². The molecule has 0 aliphatic carbocycles. The number of anilines is 5. The van der Waals surface area contributed by atoms with Crippen molar-refractivity contribution in [2.45, 2.75) is 0 Å². The van der Waals surface area contributed by atoms with E-state index < -0.39 is 0 Å². The fourth-order valence-corrected chi connectivity index (χ4v) is 8.22. The van der Waals surface area contributed by atoms with Crippen molar-refractivity contribution in [3.05, 3.63) is 200 Å². The molecule has 0 aromatic heterocycles. The smallest absolute Gasteiger partial charge is 0.0488 e. The highest BCUT2D eigenvalue weighted by Gasteiger charge is 2.17. The molecule has 250 valence electrons. The van der Waals surface area contributed by atoms with Crippen LogP contribution in [0.15, 0.2) is 200 Å². The summed E-state index contributed by atoms with van der Waals surface area (Å²) in [6.45, 7) is 0. The number of benzene rings is 10. The number of fused-ring (bicyclic) bond motifs is 2. The Labute approximate surface area is 309 Å². The van der Waals surface area contributed by atoms with E-state index in [1.54, 1.807) is 0 Å². The van der Waals surface area contributed by atoms with Gasteiger partial charge in [-0.25, -0.2) is 0 Å². The summed E-state index contributed by atoms with van der Waals surface area (Å²) in [6.07, 6.45) is 0. The third kappa shape index (κ3) is 5.27. The Balaban J connectivity index is 0.974. The first-order chi connectivity index (χ1) is 26.2. The van der Waals surface area contributed by atoms with Gasteiger partial charge in [0.25, 0.3) is 0 Å². The second-order valence-corrected chi connectivity index (χ2v) is 13.8. The third-order valence-electron chi connectivity index (χ3n) is 10.8. The zero-order chi connectivity index (χ0) is 35.3. The number of hydrogen-bond acceptors (Lipinski definition) is 2. The van der Waals surface area contributed by atoms with Crippen LogP contribution in [0.25, 0.3) is 65.3 Å². The summed E-state index contributed by atoms with van der Waals surface area (Å²) < 4.78 is 0. The van der Waals surface area contributed by atoms with E-state index in [1.807, 2.05) is 0 Å². The Morgan fingerprint density at radius 3 is 1.45 bits per heavy atom. The van der Waals surface area contributed by atoms with Gasteiger partial charge in [0.05, 0.1) is 0 Å². The van der Waals surface area contributed by atoms with E-state index in [2.05, 4.69) is 217 Å². The third-order valence-corrected chi connectivity index (χ3v) is 10.8. The van der Waals surface area contributed by atoms with Gasteiger partial charge in [-0.05, 0) is 115 Å². The minimum atomic E-state index is 1.11. The minimum Gasteiger partial charge on any atom is -0.344 e. The molecule has 0 radical (unpaired) electrons. The van der Waals surface area contributed by atoms with Crippen LogP contribution in [-0.4, -0.2) is 7.05 Å². The molecule has 0 aliphatic rings. The van der Waals surface area contributed by atoms with Crippen molar-refractivity contribution in [3.8, 4) is 22.3 Å². The van der Waals surface area contributed by atoms with Crippen LogP contribution in [0.4, 0.5) is 28.4 Å². The monoisotopic (exact) mass is 676 g/mol. The van der Waals surface area contributed by atoms with Crippen LogP contribution >= 0.6 is 0 Å². The average Bonchev–Trinajstić information content (AvgIpc) is 3.23. The van der Waals surface area contributed by atoms with Crippen molar-refractivity contribution in [2.75, 3.05) is 16.8 Å².